The van der Waals surface area contributed by atoms with Gasteiger partial charge in [0.1, 0.15) is 0 Å². The number of benzene rings is 1. The number of hydrogen-bond acceptors (Lipinski definition) is 3. The van der Waals surface area contributed by atoms with E-state index in [-0.39, 0.29) is 16.8 Å². The Balaban J connectivity index is 2.21. The summed E-state index contributed by atoms with van der Waals surface area (Å²) in [6, 6.07) is 4.68. The minimum Gasteiger partial charge on any atom is -0.352 e. The van der Waals surface area contributed by atoms with E-state index in [2.05, 4.69) is 28.2 Å². The van der Waals surface area contributed by atoms with Crippen molar-refractivity contribution < 1.29 is 13.2 Å². The molecular weight excluding hydrogens is 404 g/mol. The van der Waals surface area contributed by atoms with E-state index in [9.17, 15) is 13.2 Å². The third kappa shape index (κ3) is 5.05. The van der Waals surface area contributed by atoms with Gasteiger partial charge in [-0.25, -0.2) is 8.42 Å². The first-order valence-electron chi connectivity index (χ1n) is 8.97. The molecule has 1 aliphatic heterocycles. The maximum absolute atomic E-state index is 13.0. The highest BCUT2D eigenvalue weighted by Gasteiger charge is 2.31. The van der Waals surface area contributed by atoms with Crippen molar-refractivity contribution in [1.82, 2.24) is 9.62 Å². The van der Waals surface area contributed by atoms with E-state index in [1.54, 1.807) is 16.4 Å². The maximum Gasteiger partial charge on any atom is 0.252 e. The highest BCUT2D eigenvalue weighted by Crippen LogP contribution is 2.27. The van der Waals surface area contributed by atoms with E-state index in [1.165, 1.54) is 6.07 Å². The maximum atomic E-state index is 13.0. The van der Waals surface area contributed by atoms with Gasteiger partial charge in [0.05, 0.1) is 10.5 Å². The van der Waals surface area contributed by atoms with E-state index < -0.39 is 10.0 Å². The van der Waals surface area contributed by atoms with Crippen LogP contribution in [0.3, 0.4) is 0 Å². The van der Waals surface area contributed by atoms with Crippen LogP contribution < -0.4 is 5.32 Å². The van der Waals surface area contributed by atoms with Gasteiger partial charge in [0, 0.05) is 23.6 Å². The number of piperidine rings is 1. The number of rotatable bonds is 7. The molecule has 1 amide bonds. The van der Waals surface area contributed by atoms with Crippen molar-refractivity contribution in [3.63, 3.8) is 0 Å². The van der Waals surface area contributed by atoms with Gasteiger partial charge in [-0.1, -0.05) is 26.2 Å². The molecule has 0 aliphatic carbocycles. The van der Waals surface area contributed by atoms with Crippen molar-refractivity contribution in [1.29, 1.82) is 0 Å². The van der Waals surface area contributed by atoms with Crippen LogP contribution in [-0.2, 0) is 10.0 Å². The molecule has 1 unspecified atom stereocenters. The first kappa shape index (κ1) is 20.4. The van der Waals surface area contributed by atoms with Crippen molar-refractivity contribution in [3.05, 3.63) is 28.2 Å². The Morgan fingerprint density at radius 2 is 2.08 bits per heavy atom. The van der Waals surface area contributed by atoms with Gasteiger partial charge in [0.15, 0.2) is 0 Å². The molecule has 1 aromatic rings. The molecule has 0 saturated carbocycles. The molecule has 1 heterocycles. The monoisotopic (exact) mass is 430 g/mol. The average Bonchev–Trinajstić information content (AvgIpc) is 2.59. The summed E-state index contributed by atoms with van der Waals surface area (Å²) in [5, 5.41) is 2.86. The normalized spacial score (nSPS) is 18.9. The molecule has 25 heavy (non-hydrogen) atoms. The number of hydrogen-bond donors (Lipinski definition) is 1. The van der Waals surface area contributed by atoms with E-state index in [0.717, 1.165) is 38.5 Å². The second-order valence-electron chi connectivity index (χ2n) is 6.57. The number of unbranched alkanes of at least 4 members (excludes halogenated alkanes) is 2. The molecule has 0 spiro atoms. The number of carbonyl (C=O) groups is 1. The Morgan fingerprint density at radius 1 is 1.32 bits per heavy atom. The summed E-state index contributed by atoms with van der Waals surface area (Å²) in [4.78, 5) is 12.6. The summed E-state index contributed by atoms with van der Waals surface area (Å²) >= 11 is 3.36. The van der Waals surface area contributed by atoms with Crippen molar-refractivity contribution in [2.24, 2.45) is 0 Å². The molecule has 7 heteroatoms. The van der Waals surface area contributed by atoms with Gasteiger partial charge in [-0.2, -0.15) is 4.31 Å². The molecule has 1 fully saturated rings. The molecule has 1 atom stereocenters. The molecule has 140 valence electrons. The highest BCUT2D eigenvalue weighted by atomic mass is 79.9. The molecule has 0 bridgehead atoms. The number of halogens is 1. The molecule has 0 radical (unpaired) electrons. The molecular formula is C18H27BrN2O3S. The topological polar surface area (TPSA) is 66.5 Å². The van der Waals surface area contributed by atoms with Crippen molar-refractivity contribution in [2.75, 3.05) is 13.1 Å². The minimum absolute atomic E-state index is 0.00582. The van der Waals surface area contributed by atoms with Crippen LogP contribution in [0.1, 0.15) is 62.7 Å². The van der Waals surface area contributed by atoms with Gasteiger partial charge < -0.3 is 5.32 Å². The lowest BCUT2D eigenvalue weighted by molar-refractivity contribution is 0.0952. The van der Waals surface area contributed by atoms with Crippen molar-refractivity contribution in [2.45, 2.75) is 63.3 Å². The van der Waals surface area contributed by atoms with Crippen molar-refractivity contribution in [3.8, 4) is 0 Å². The Bertz CT molecular complexity index is 706. The van der Waals surface area contributed by atoms with Gasteiger partial charge in [-0.3, -0.25) is 4.79 Å². The Hall–Kier alpha value is -0.920. The molecule has 0 aromatic heterocycles. The molecule has 1 N–H and O–H groups in total. The average molecular weight is 431 g/mol. The van der Waals surface area contributed by atoms with Crippen LogP contribution in [0.2, 0.25) is 0 Å². The van der Waals surface area contributed by atoms with Gasteiger partial charge >= 0.3 is 0 Å². The van der Waals surface area contributed by atoms with Gasteiger partial charge in [0.2, 0.25) is 10.0 Å². The Kier molecular flexibility index (Phi) is 7.46. The molecule has 5 nitrogen and oxygen atoms in total. The van der Waals surface area contributed by atoms with Crippen LogP contribution in [0, 0.1) is 0 Å². The molecule has 2 rings (SSSR count). The Morgan fingerprint density at radius 3 is 2.76 bits per heavy atom. The van der Waals surface area contributed by atoms with Crippen LogP contribution >= 0.6 is 15.9 Å². The number of sulfonamides is 1. The number of nitrogens with zero attached hydrogens (tertiary/aromatic N) is 1. The van der Waals surface area contributed by atoms with Crippen LogP contribution in [-0.4, -0.2) is 37.8 Å². The van der Waals surface area contributed by atoms with E-state index >= 15 is 0 Å². The number of amides is 1. The summed E-state index contributed by atoms with van der Waals surface area (Å²) in [5.41, 5.74) is 0.363. The largest absolute Gasteiger partial charge is 0.352 e. The summed E-state index contributed by atoms with van der Waals surface area (Å²) < 4.78 is 28.1. The quantitative estimate of drug-likeness (QED) is 0.666. The van der Waals surface area contributed by atoms with Crippen molar-refractivity contribution >= 4 is 31.9 Å². The lowest BCUT2D eigenvalue weighted by Crippen LogP contribution is -2.42. The standard InChI is InChI=1S/C18H27BrN2O3S/c1-3-4-6-11-20-18(22)16-13-15(9-10-17(16)19)25(23,24)21-12-7-5-8-14(21)2/h9-10,13-14H,3-8,11-12H2,1-2H3,(H,20,22). The van der Waals surface area contributed by atoms with E-state index in [4.69, 9.17) is 0 Å². The highest BCUT2D eigenvalue weighted by molar-refractivity contribution is 9.10. The third-order valence-corrected chi connectivity index (χ3v) is 7.30. The first-order chi connectivity index (χ1) is 11.9. The first-order valence-corrected chi connectivity index (χ1v) is 11.2. The zero-order chi connectivity index (χ0) is 18.4. The van der Waals surface area contributed by atoms with Gasteiger partial charge in [0.25, 0.3) is 5.91 Å². The second-order valence-corrected chi connectivity index (χ2v) is 9.31. The predicted octanol–water partition coefficient (Wildman–Crippen LogP) is 3.93. The lowest BCUT2D eigenvalue weighted by atomic mass is 10.1. The zero-order valence-electron chi connectivity index (χ0n) is 14.9. The minimum atomic E-state index is -3.58. The fourth-order valence-corrected chi connectivity index (χ4v) is 5.23. The van der Waals surface area contributed by atoms with Gasteiger partial charge in [-0.15, -0.1) is 0 Å². The Labute approximate surface area is 159 Å². The van der Waals surface area contributed by atoms with E-state index in [0.29, 0.717) is 23.1 Å². The van der Waals surface area contributed by atoms with Crippen LogP contribution in [0.5, 0.6) is 0 Å². The molecule has 1 aliphatic rings. The molecule has 1 aromatic carbocycles. The third-order valence-electron chi connectivity index (χ3n) is 4.60. The van der Waals surface area contributed by atoms with Crippen LogP contribution in [0.25, 0.3) is 0 Å². The summed E-state index contributed by atoms with van der Waals surface area (Å²) in [5.74, 6) is -0.244. The fraction of sp³-hybridized carbons (Fsp3) is 0.611. The number of carbonyl (C=O) groups excluding carboxylic acids is 1. The lowest BCUT2D eigenvalue weighted by Gasteiger charge is -2.32. The summed E-state index contributed by atoms with van der Waals surface area (Å²) in [7, 11) is -3.58. The predicted molar refractivity (Wildman–Crippen MR) is 103 cm³/mol. The second kappa shape index (κ2) is 9.14. The zero-order valence-corrected chi connectivity index (χ0v) is 17.3. The smallest absolute Gasteiger partial charge is 0.252 e. The van der Waals surface area contributed by atoms with Gasteiger partial charge in [-0.05, 0) is 60.3 Å². The number of nitrogens with one attached hydrogen (secondary N) is 1. The molecule has 1 saturated heterocycles. The van der Waals surface area contributed by atoms with Crippen LogP contribution in [0.15, 0.2) is 27.6 Å². The summed E-state index contributed by atoms with van der Waals surface area (Å²) in [6.45, 7) is 5.18. The van der Waals surface area contributed by atoms with Crippen LogP contribution in [0.4, 0.5) is 0 Å². The SMILES string of the molecule is CCCCCNC(=O)c1cc(S(=O)(=O)N2CCCCC2C)ccc1Br. The fourth-order valence-electron chi connectivity index (χ4n) is 3.08. The summed E-state index contributed by atoms with van der Waals surface area (Å²) in [6.07, 6.45) is 5.87. The van der Waals surface area contributed by atoms with E-state index in [1.807, 2.05) is 6.92 Å².